The number of halogens is 2. The summed E-state index contributed by atoms with van der Waals surface area (Å²) in [6.45, 7) is 3.83. The van der Waals surface area contributed by atoms with E-state index in [1.807, 2.05) is 6.92 Å². The SMILES string of the molecule is Cc1c(Cl)cc(S(=O)(=O)N2CC(C)C(N)C2)cc1[N+](=O)[O-].Cl. The maximum atomic E-state index is 12.6. The van der Waals surface area contributed by atoms with Crippen molar-refractivity contribution in [1.29, 1.82) is 0 Å². The van der Waals surface area contributed by atoms with Crippen molar-refractivity contribution >= 4 is 39.7 Å². The monoisotopic (exact) mass is 369 g/mol. The minimum atomic E-state index is -3.84. The number of benzene rings is 1. The van der Waals surface area contributed by atoms with Crippen molar-refractivity contribution in [3.05, 3.63) is 32.8 Å². The van der Waals surface area contributed by atoms with E-state index in [2.05, 4.69) is 0 Å². The van der Waals surface area contributed by atoms with E-state index in [0.717, 1.165) is 6.07 Å². The molecule has 1 saturated heterocycles. The summed E-state index contributed by atoms with van der Waals surface area (Å²) >= 11 is 5.92. The lowest BCUT2D eigenvalue weighted by Gasteiger charge is -2.16. The summed E-state index contributed by atoms with van der Waals surface area (Å²) in [4.78, 5) is 10.2. The Morgan fingerprint density at radius 2 is 2.00 bits per heavy atom. The van der Waals surface area contributed by atoms with Crippen LogP contribution < -0.4 is 5.73 Å². The van der Waals surface area contributed by atoms with Crippen molar-refractivity contribution in [3.8, 4) is 0 Å². The van der Waals surface area contributed by atoms with E-state index in [-0.39, 0.29) is 52.1 Å². The maximum Gasteiger partial charge on any atom is 0.275 e. The minimum absolute atomic E-state index is 0. The third-order valence-corrected chi connectivity index (χ3v) is 5.96. The zero-order valence-corrected chi connectivity index (χ0v) is 14.4. The normalized spacial score (nSPS) is 22.4. The minimum Gasteiger partial charge on any atom is -0.326 e. The third kappa shape index (κ3) is 3.36. The number of nitrogens with zero attached hydrogens (tertiary/aromatic N) is 2. The molecule has 1 aromatic rings. The second-order valence-corrected chi connectivity index (χ2v) is 7.61. The van der Waals surface area contributed by atoms with Crippen molar-refractivity contribution in [1.82, 2.24) is 4.31 Å². The standard InChI is InChI=1S/C12H16ClN3O4S.ClH/c1-7-5-15(6-11(7)14)21(19,20)9-3-10(13)8(2)12(4-9)16(17)18;/h3-4,7,11H,5-6,14H2,1-2H3;1H. The van der Waals surface area contributed by atoms with Gasteiger partial charge < -0.3 is 5.73 Å². The van der Waals surface area contributed by atoms with Gasteiger partial charge in [-0.3, -0.25) is 10.1 Å². The number of nitro benzene ring substituents is 1. The first-order valence-corrected chi connectivity index (χ1v) is 8.16. The molecule has 1 heterocycles. The van der Waals surface area contributed by atoms with E-state index in [1.165, 1.54) is 17.3 Å². The summed E-state index contributed by atoms with van der Waals surface area (Å²) in [6.07, 6.45) is 0. The predicted molar refractivity (Wildman–Crippen MR) is 86.0 cm³/mol. The molecule has 0 aromatic heterocycles. The van der Waals surface area contributed by atoms with Gasteiger partial charge in [0.25, 0.3) is 5.69 Å². The van der Waals surface area contributed by atoms with Crippen molar-refractivity contribution < 1.29 is 13.3 Å². The van der Waals surface area contributed by atoms with Gasteiger partial charge in [-0.1, -0.05) is 18.5 Å². The number of rotatable bonds is 3. The Labute approximate surface area is 140 Å². The number of nitrogens with two attached hydrogens (primary N) is 1. The molecule has 0 radical (unpaired) electrons. The van der Waals surface area contributed by atoms with Gasteiger partial charge in [-0.25, -0.2) is 8.42 Å². The van der Waals surface area contributed by atoms with Crippen LogP contribution in [0.15, 0.2) is 17.0 Å². The molecule has 2 atom stereocenters. The first kappa shape index (κ1) is 19.1. The van der Waals surface area contributed by atoms with Crippen LogP contribution in [-0.4, -0.2) is 36.8 Å². The maximum absolute atomic E-state index is 12.6. The molecule has 1 aromatic carbocycles. The average Bonchev–Trinajstić information content (AvgIpc) is 2.73. The lowest BCUT2D eigenvalue weighted by atomic mass is 10.1. The number of hydrogen-bond acceptors (Lipinski definition) is 5. The summed E-state index contributed by atoms with van der Waals surface area (Å²) in [5.74, 6) is 0.0377. The fourth-order valence-corrected chi connectivity index (χ4v) is 4.17. The number of nitro groups is 1. The lowest BCUT2D eigenvalue weighted by molar-refractivity contribution is -0.385. The molecule has 10 heteroatoms. The Bertz CT molecular complexity index is 686. The molecular weight excluding hydrogens is 353 g/mol. The fraction of sp³-hybridized carbons (Fsp3) is 0.500. The molecule has 2 rings (SSSR count). The van der Waals surface area contributed by atoms with E-state index < -0.39 is 14.9 Å². The molecule has 124 valence electrons. The third-order valence-electron chi connectivity index (χ3n) is 3.76. The molecule has 22 heavy (non-hydrogen) atoms. The molecule has 1 fully saturated rings. The van der Waals surface area contributed by atoms with Gasteiger partial charge in [-0.15, -0.1) is 12.4 Å². The van der Waals surface area contributed by atoms with Crippen LogP contribution in [0.5, 0.6) is 0 Å². The van der Waals surface area contributed by atoms with Gasteiger partial charge >= 0.3 is 0 Å². The summed E-state index contributed by atoms with van der Waals surface area (Å²) < 4.78 is 26.3. The zero-order chi connectivity index (χ0) is 15.9. The summed E-state index contributed by atoms with van der Waals surface area (Å²) in [7, 11) is -3.84. The summed E-state index contributed by atoms with van der Waals surface area (Å²) in [5, 5.41) is 11.1. The molecule has 2 unspecified atom stereocenters. The molecule has 0 spiro atoms. The molecule has 7 nitrogen and oxygen atoms in total. The van der Waals surface area contributed by atoms with E-state index in [0.29, 0.717) is 6.54 Å². The summed E-state index contributed by atoms with van der Waals surface area (Å²) in [5.41, 5.74) is 5.77. The second kappa shape index (κ2) is 6.67. The molecule has 2 N–H and O–H groups in total. The highest BCUT2D eigenvalue weighted by molar-refractivity contribution is 7.89. The summed E-state index contributed by atoms with van der Waals surface area (Å²) in [6, 6.07) is 2.05. The van der Waals surface area contributed by atoms with Crippen LogP contribution >= 0.6 is 24.0 Å². The fourth-order valence-electron chi connectivity index (χ4n) is 2.27. The first-order chi connectivity index (χ1) is 9.64. The molecule has 0 amide bonds. The van der Waals surface area contributed by atoms with Crippen molar-refractivity contribution in [3.63, 3.8) is 0 Å². The van der Waals surface area contributed by atoms with Gasteiger partial charge in [0.05, 0.1) is 14.8 Å². The Balaban J connectivity index is 0.00000242. The van der Waals surface area contributed by atoms with Crippen LogP contribution in [0.25, 0.3) is 0 Å². The molecule has 0 aliphatic carbocycles. The molecule has 1 aliphatic rings. The van der Waals surface area contributed by atoms with Gasteiger partial charge in [0.2, 0.25) is 10.0 Å². The highest BCUT2D eigenvalue weighted by Crippen LogP contribution is 2.32. The highest BCUT2D eigenvalue weighted by Gasteiger charge is 2.36. The van der Waals surface area contributed by atoms with Crippen LogP contribution in [0.2, 0.25) is 5.02 Å². The van der Waals surface area contributed by atoms with Gasteiger partial charge in [-0.2, -0.15) is 4.31 Å². The smallest absolute Gasteiger partial charge is 0.275 e. The Kier molecular flexibility index (Phi) is 5.80. The van der Waals surface area contributed by atoms with E-state index in [4.69, 9.17) is 17.3 Å². The first-order valence-electron chi connectivity index (χ1n) is 6.35. The van der Waals surface area contributed by atoms with Crippen LogP contribution in [0, 0.1) is 23.0 Å². The predicted octanol–water partition coefficient (Wildman–Crippen LogP) is 1.95. The lowest BCUT2D eigenvalue weighted by Crippen LogP contribution is -2.32. The van der Waals surface area contributed by atoms with Gasteiger partial charge in [0, 0.05) is 30.8 Å². The van der Waals surface area contributed by atoms with Crippen LogP contribution in [0.4, 0.5) is 5.69 Å². The zero-order valence-electron chi connectivity index (χ0n) is 12.0. The van der Waals surface area contributed by atoms with Crippen molar-refractivity contribution in [2.75, 3.05) is 13.1 Å². The van der Waals surface area contributed by atoms with Gasteiger partial charge in [0.1, 0.15) is 0 Å². The largest absolute Gasteiger partial charge is 0.326 e. The molecule has 1 aliphatic heterocycles. The topological polar surface area (TPSA) is 107 Å². The van der Waals surface area contributed by atoms with E-state index in [1.54, 1.807) is 0 Å². The number of hydrogen-bond donors (Lipinski definition) is 1. The van der Waals surface area contributed by atoms with Gasteiger partial charge in [-0.05, 0) is 18.9 Å². The van der Waals surface area contributed by atoms with Crippen molar-refractivity contribution in [2.24, 2.45) is 11.7 Å². The average molecular weight is 370 g/mol. The van der Waals surface area contributed by atoms with Crippen molar-refractivity contribution in [2.45, 2.75) is 24.8 Å². The van der Waals surface area contributed by atoms with Gasteiger partial charge in [0.15, 0.2) is 0 Å². The molecular formula is C12H17Cl2N3O4S. The Morgan fingerprint density at radius 3 is 2.45 bits per heavy atom. The Morgan fingerprint density at radius 1 is 1.41 bits per heavy atom. The quantitative estimate of drug-likeness (QED) is 0.647. The molecule has 0 saturated carbocycles. The highest BCUT2D eigenvalue weighted by atomic mass is 35.5. The van der Waals surface area contributed by atoms with Crippen LogP contribution in [-0.2, 0) is 10.0 Å². The second-order valence-electron chi connectivity index (χ2n) is 5.27. The number of sulfonamides is 1. The Hall–Kier alpha value is -0.930. The van der Waals surface area contributed by atoms with Crippen LogP contribution in [0.3, 0.4) is 0 Å². The van der Waals surface area contributed by atoms with E-state index in [9.17, 15) is 18.5 Å². The van der Waals surface area contributed by atoms with E-state index >= 15 is 0 Å². The van der Waals surface area contributed by atoms with Crippen LogP contribution in [0.1, 0.15) is 12.5 Å². The molecule has 0 bridgehead atoms.